The summed E-state index contributed by atoms with van der Waals surface area (Å²) in [4.78, 5) is 27.4. The molecule has 0 aliphatic rings. The summed E-state index contributed by atoms with van der Waals surface area (Å²) in [5.74, 6) is 0.185. The SMILES string of the molecule is Cc1cccc(C(=O)NC(C(=O)Nc2ccc(OCCN(C)C)cc2)C(C)C)c1. The highest BCUT2D eigenvalue weighted by molar-refractivity contribution is 6.01. The Hall–Kier alpha value is -2.86. The highest BCUT2D eigenvalue weighted by Gasteiger charge is 2.24. The van der Waals surface area contributed by atoms with Crippen LogP contribution in [0.4, 0.5) is 5.69 Å². The van der Waals surface area contributed by atoms with Crippen LogP contribution in [0.5, 0.6) is 5.75 Å². The minimum absolute atomic E-state index is 0.0580. The van der Waals surface area contributed by atoms with Crippen LogP contribution in [0.1, 0.15) is 29.8 Å². The lowest BCUT2D eigenvalue weighted by Gasteiger charge is -2.22. The second-order valence-electron chi connectivity index (χ2n) is 7.73. The molecule has 0 saturated carbocycles. The van der Waals surface area contributed by atoms with E-state index in [0.717, 1.165) is 17.9 Å². The Labute approximate surface area is 173 Å². The van der Waals surface area contributed by atoms with Crippen molar-refractivity contribution in [2.75, 3.05) is 32.6 Å². The first-order valence-electron chi connectivity index (χ1n) is 9.82. The fourth-order valence-corrected chi connectivity index (χ4v) is 2.75. The van der Waals surface area contributed by atoms with Gasteiger partial charge in [0.15, 0.2) is 0 Å². The number of nitrogens with zero attached hydrogens (tertiary/aromatic N) is 1. The zero-order valence-electron chi connectivity index (χ0n) is 17.9. The molecule has 0 fully saturated rings. The number of rotatable bonds is 9. The molecule has 2 aromatic rings. The Bertz CT molecular complexity index is 816. The third-order valence-corrected chi connectivity index (χ3v) is 4.45. The van der Waals surface area contributed by atoms with E-state index in [1.54, 1.807) is 24.3 Å². The molecule has 2 N–H and O–H groups in total. The average Bonchev–Trinajstić information content (AvgIpc) is 2.66. The molecule has 0 saturated heterocycles. The number of amides is 2. The molecule has 29 heavy (non-hydrogen) atoms. The molecule has 6 heteroatoms. The van der Waals surface area contributed by atoms with Gasteiger partial charge >= 0.3 is 0 Å². The quantitative estimate of drug-likeness (QED) is 0.681. The second-order valence-corrected chi connectivity index (χ2v) is 7.73. The maximum Gasteiger partial charge on any atom is 0.251 e. The summed E-state index contributed by atoms with van der Waals surface area (Å²) < 4.78 is 5.66. The molecule has 156 valence electrons. The molecular formula is C23H31N3O3. The summed E-state index contributed by atoms with van der Waals surface area (Å²) in [7, 11) is 3.98. The van der Waals surface area contributed by atoms with Gasteiger partial charge in [-0.1, -0.05) is 31.5 Å². The monoisotopic (exact) mass is 397 g/mol. The minimum Gasteiger partial charge on any atom is -0.492 e. The summed E-state index contributed by atoms with van der Waals surface area (Å²) >= 11 is 0. The van der Waals surface area contributed by atoms with Gasteiger partial charge in [-0.25, -0.2) is 0 Å². The number of likely N-dealkylation sites (N-methyl/N-ethyl adjacent to an activating group) is 1. The van der Waals surface area contributed by atoms with Gasteiger partial charge in [0.05, 0.1) is 0 Å². The van der Waals surface area contributed by atoms with Crippen LogP contribution in [0.2, 0.25) is 0 Å². The van der Waals surface area contributed by atoms with Gasteiger partial charge in [0, 0.05) is 17.8 Å². The Kier molecular flexibility index (Phi) is 8.21. The summed E-state index contributed by atoms with van der Waals surface area (Å²) in [6.45, 7) is 7.16. The predicted molar refractivity (Wildman–Crippen MR) is 116 cm³/mol. The number of carbonyl (C=O) groups excluding carboxylic acids is 2. The van der Waals surface area contributed by atoms with E-state index in [1.807, 2.05) is 64.0 Å². The molecule has 0 aliphatic carbocycles. The van der Waals surface area contributed by atoms with Crippen LogP contribution in [0, 0.1) is 12.8 Å². The Morgan fingerprint density at radius 2 is 1.76 bits per heavy atom. The largest absolute Gasteiger partial charge is 0.492 e. The number of hydrogen-bond donors (Lipinski definition) is 2. The van der Waals surface area contributed by atoms with E-state index in [9.17, 15) is 9.59 Å². The molecular weight excluding hydrogens is 366 g/mol. The van der Waals surface area contributed by atoms with Gasteiger partial charge < -0.3 is 20.3 Å². The Balaban J connectivity index is 1.97. The number of ether oxygens (including phenoxy) is 1. The van der Waals surface area contributed by atoms with Crippen molar-refractivity contribution in [1.82, 2.24) is 10.2 Å². The van der Waals surface area contributed by atoms with Crippen molar-refractivity contribution in [2.24, 2.45) is 5.92 Å². The minimum atomic E-state index is -0.640. The van der Waals surface area contributed by atoms with Crippen molar-refractivity contribution < 1.29 is 14.3 Å². The lowest BCUT2D eigenvalue weighted by molar-refractivity contribution is -0.118. The van der Waals surface area contributed by atoms with Gasteiger partial charge in [0.25, 0.3) is 5.91 Å². The van der Waals surface area contributed by atoms with Gasteiger partial charge in [-0.3, -0.25) is 9.59 Å². The van der Waals surface area contributed by atoms with Gasteiger partial charge in [0.1, 0.15) is 18.4 Å². The molecule has 2 amide bonds. The summed E-state index contributed by atoms with van der Waals surface area (Å²) in [6.07, 6.45) is 0. The average molecular weight is 398 g/mol. The van der Waals surface area contributed by atoms with Crippen molar-refractivity contribution in [3.8, 4) is 5.75 Å². The number of benzene rings is 2. The first kappa shape index (κ1) is 22.4. The van der Waals surface area contributed by atoms with Crippen molar-refractivity contribution >= 4 is 17.5 Å². The van der Waals surface area contributed by atoms with E-state index in [4.69, 9.17) is 4.74 Å². The highest BCUT2D eigenvalue weighted by atomic mass is 16.5. The van der Waals surface area contributed by atoms with Crippen LogP contribution in [0.25, 0.3) is 0 Å². The summed E-state index contributed by atoms with van der Waals surface area (Å²) in [5, 5.41) is 5.73. The van der Waals surface area contributed by atoms with Gasteiger partial charge in [0.2, 0.25) is 5.91 Å². The molecule has 1 atom stereocenters. The fourth-order valence-electron chi connectivity index (χ4n) is 2.75. The van der Waals surface area contributed by atoms with Crippen LogP contribution in [0.15, 0.2) is 48.5 Å². The summed E-state index contributed by atoms with van der Waals surface area (Å²) in [6, 6.07) is 13.9. The van der Waals surface area contributed by atoms with E-state index in [1.165, 1.54) is 0 Å². The molecule has 0 radical (unpaired) electrons. The van der Waals surface area contributed by atoms with E-state index < -0.39 is 6.04 Å². The van der Waals surface area contributed by atoms with Crippen LogP contribution >= 0.6 is 0 Å². The number of carbonyl (C=O) groups is 2. The highest BCUT2D eigenvalue weighted by Crippen LogP contribution is 2.17. The number of anilines is 1. The molecule has 2 aromatic carbocycles. The maximum absolute atomic E-state index is 12.8. The lowest BCUT2D eigenvalue weighted by atomic mass is 10.0. The molecule has 0 aliphatic heterocycles. The van der Waals surface area contributed by atoms with Gasteiger partial charge in [-0.05, 0) is 63.3 Å². The fraction of sp³-hybridized carbons (Fsp3) is 0.391. The van der Waals surface area contributed by atoms with E-state index in [0.29, 0.717) is 17.9 Å². The van der Waals surface area contributed by atoms with Crippen LogP contribution in [-0.2, 0) is 4.79 Å². The van der Waals surface area contributed by atoms with Crippen LogP contribution in [0.3, 0.4) is 0 Å². The molecule has 0 spiro atoms. The van der Waals surface area contributed by atoms with Crippen molar-refractivity contribution in [3.05, 3.63) is 59.7 Å². The van der Waals surface area contributed by atoms with Gasteiger partial charge in [-0.15, -0.1) is 0 Å². The third kappa shape index (κ3) is 7.23. The number of hydrogen-bond acceptors (Lipinski definition) is 4. The second kappa shape index (κ2) is 10.6. The molecule has 2 rings (SSSR count). The predicted octanol–water partition coefficient (Wildman–Crippen LogP) is 3.33. The smallest absolute Gasteiger partial charge is 0.251 e. The third-order valence-electron chi connectivity index (χ3n) is 4.45. The van der Waals surface area contributed by atoms with Gasteiger partial charge in [-0.2, -0.15) is 0 Å². The Morgan fingerprint density at radius 3 is 2.34 bits per heavy atom. The molecule has 6 nitrogen and oxygen atoms in total. The lowest BCUT2D eigenvalue weighted by Crippen LogP contribution is -2.47. The number of nitrogens with one attached hydrogen (secondary N) is 2. The van der Waals surface area contributed by atoms with Crippen molar-refractivity contribution in [2.45, 2.75) is 26.8 Å². The molecule has 1 unspecified atom stereocenters. The van der Waals surface area contributed by atoms with Crippen LogP contribution in [-0.4, -0.2) is 50.0 Å². The normalized spacial score (nSPS) is 12.0. The van der Waals surface area contributed by atoms with E-state index >= 15 is 0 Å². The molecule has 0 bridgehead atoms. The van der Waals surface area contributed by atoms with E-state index in [2.05, 4.69) is 10.6 Å². The topological polar surface area (TPSA) is 70.7 Å². The van der Waals surface area contributed by atoms with Crippen molar-refractivity contribution in [1.29, 1.82) is 0 Å². The zero-order chi connectivity index (χ0) is 21.4. The number of aryl methyl sites for hydroxylation is 1. The zero-order valence-corrected chi connectivity index (χ0v) is 17.9. The Morgan fingerprint density at radius 1 is 1.07 bits per heavy atom. The molecule has 0 aromatic heterocycles. The maximum atomic E-state index is 12.8. The first-order chi connectivity index (χ1) is 13.8. The first-order valence-corrected chi connectivity index (χ1v) is 9.82. The summed E-state index contributed by atoms with van der Waals surface area (Å²) in [5.41, 5.74) is 2.20. The molecule has 0 heterocycles. The van der Waals surface area contributed by atoms with E-state index in [-0.39, 0.29) is 17.7 Å². The van der Waals surface area contributed by atoms with Crippen LogP contribution < -0.4 is 15.4 Å². The standard InChI is InChI=1S/C23H31N3O3/c1-16(2)21(25-22(27)18-8-6-7-17(3)15-18)23(28)24-19-9-11-20(12-10-19)29-14-13-26(4)5/h6-12,15-16,21H,13-14H2,1-5H3,(H,24,28)(H,25,27). The van der Waals surface area contributed by atoms with Crippen molar-refractivity contribution in [3.63, 3.8) is 0 Å².